The molecule has 1 heterocycles. The van der Waals surface area contributed by atoms with E-state index in [2.05, 4.69) is 4.98 Å². The fourth-order valence-electron chi connectivity index (χ4n) is 0.484. The molecule has 1 rings (SSSR count). The predicted octanol–water partition coefficient (Wildman–Crippen LogP) is 0.366. The second-order valence-corrected chi connectivity index (χ2v) is 1.54. The van der Waals surface area contributed by atoms with Gasteiger partial charge in [0.15, 0.2) is 4.87 Å². The lowest BCUT2D eigenvalue weighted by Crippen LogP contribution is -2.08. The van der Waals surface area contributed by atoms with E-state index in [4.69, 9.17) is 5.84 Å². The lowest BCUT2D eigenvalue weighted by atomic mass is 10.4. The maximum Gasteiger partial charge on any atom is 0.309 e. The van der Waals surface area contributed by atoms with Crippen LogP contribution < -0.4 is 5.84 Å². The molecule has 0 bridgehead atoms. The van der Waals surface area contributed by atoms with Gasteiger partial charge >= 0.3 is 5.69 Å². The SMILES string of the molecule is N[N+](=O)c1cccnc1. The summed E-state index contributed by atoms with van der Waals surface area (Å²) in [6, 6.07) is 3.23. The molecule has 46 valence electrons. The summed E-state index contributed by atoms with van der Waals surface area (Å²) in [6.45, 7) is 0. The maximum absolute atomic E-state index is 10.3. The molecule has 0 aliphatic carbocycles. The lowest BCUT2D eigenvalue weighted by molar-refractivity contribution is -0.475. The van der Waals surface area contributed by atoms with Gasteiger partial charge in [0.1, 0.15) is 6.20 Å². The summed E-state index contributed by atoms with van der Waals surface area (Å²) in [5, 5.41) is 0. The number of rotatable bonds is 1. The van der Waals surface area contributed by atoms with Crippen LogP contribution in [0.5, 0.6) is 0 Å². The average Bonchev–Trinajstić information content (AvgIpc) is 1.90. The van der Waals surface area contributed by atoms with Gasteiger partial charge in [-0.15, -0.1) is 0 Å². The number of hydrazine groups is 1. The highest BCUT2D eigenvalue weighted by Gasteiger charge is 2.04. The minimum atomic E-state index is 0.271. The molecule has 4 nitrogen and oxygen atoms in total. The molecular formula is C5H6N3O+. The van der Waals surface area contributed by atoms with Crippen molar-refractivity contribution in [1.29, 1.82) is 0 Å². The molecule has 0 atom stereocenters. The third-order valence-corrected chi connectivity index (χ3v) is 0.900. The van der Waals surface area contributed by atoms with Crippen molar-refractivity contribution in [1.82, 2.24) is 4.98 Å². The second kappa shape index (κ2) is 2.21. The van der Waals surface area contributed by atoms with Crippen molar-refractivity contribution >= 4 is 5.69 Å². The zero-order valence-electron chi connectivity index (χ0n) is 4.69. The van der Waals surface area contributed by atoms with Crippen molar-refractivity contribution < 1.29 is 4.87 Å². The molecule has 0 fully saturated rings. The summed E-state index contributed by atoms with van der Waals surface area (Å²) in [5.41, 5.74) is 0.359. The summed E-state index contributed by atoms with van der Waals surface area (Å²) in [7, 11) is 0. The number of pyridine rings is 1. The van der Waals surface area contributed by atoms with Gasteiger partial charge in [0, 0.05) is 12.3 Å². The largest absolute Gasteiger partial charge is 0.309 e. The smallest absolute Gasteiger partial charge is 0.257 e. The third kappa shape index (κ3) is 1.22. The molecule has 4 heteroatoms. The second-order valence-electron chi connectivity index (χ2n) is 1.54. The van der Waals surface area contributed by atoms with Crippen molar-refractivity contribution in [3.63, 3.8) is 0 Å². The van der Waals surface area contributed by atoms with Gasteiger partial charge in [-0.3, -0.25) is 4.98 Å². The Kier molecular flexibility index (Phi) is 1.40. The van der Waals surface area contributed by atoms with E-state index in [1.165, 1.54) is 6.20 Å². The average molecular weight is 124 g/mol. The molecule has 0 aromatic carbocycles. The molecule has 0 aliphatic heterocycles. The van der Waals surface area contributed by atoms with Gasteiger partial charge in [0.25, 0.3) is 0 Å². The van der Waals surface area contributed by atoms with Crippen LogP contribution in [0.3, 0.4) is 0 Å². The van der Waals surface area contributed by atoms with Crippen LogP contribution in [0.1, 0.15) is 0 Å². The number of nitrogens with zero attached hydrogens (tertiary/aromatic N) is 2. The minimum absolute atomic E-state index is 0.271. The zero-order chi connectivity index (χ0) is 6.69. The first kappa shape index (κ1) is 5.68. The quantitative estimate of drug-likeness (QED) is 0.334. The number of hydrogen-bond acceptors (Lipinski definition) is 2. The molecule has 0 amide bonds. The fourth-order valence-corrected chi connectivity index (χ4v) is 0.484. The summed E-state index contributed by atoms with van der Waals surface area (Å²) < 4.78 is 0. The number of nitroso groups, excluding NO2 is 1. The van der Waals surface area contributed by atoms with Crippen molar-refractivity contribution in [2.75, 3.05) is 0 Å². The van der Waals surface area contributed by atoms with Gasteiger partial charge in [-0.1, -0.05) is 0 Å². The molecule has 0 saturated heterocycles. The van der Waals surface area contributed by atoms with Crippen LogP contribution >= 0.6 is 0 Å². The Morgan fingerprint density at radius 1 is 1.67 bits per heavy atom. The predicted molar refractivity (Wildman–Crippen MR) is 31.7 cm³/mol. The van der Waals surface area contributed by atoms with E-state index in [1.54, 1.807) is 18.3 Å². The van der Waals surface area contributed by atoms with Crippen LogP contribution in [0.15, 0.2) is 24.5 Å². The summed E-state index contributed by atoms with van der Waals surface area (Å²) in [4.78, 5) is 14.3. The molecule has 0 aliphatic rings. The highest BCUT2D eigenvalue weighted by Crippen LogP contribution is 2.02. The van der Waals surface area contributed by atoms with Gasteiger partial charge in [-0.05, 0) is 6.07 Å². The Bertz CT molecular complexity index is 209. The van der Waals surface area contributed by atoms with E-state index in [-0.39, 0.29) is 4.87 Å². The normalized spacial score (nSPS) is 8.89. The molecule has 0 unspecified atom stereocenters. The molecule has 0 spiro atoms. The molecule has 1 aromatic heterocycles. The first-order valence-electron chi connectivity index (χ1n) is 2.42. The Labute approximate surface area is 51.9 Å². The van der Waals surface area contributed by atoms with Gasteiger partial charge in [-0.25, -0.2) is 0 Å². The van der Waals surface area contributed by atoms with E-state index in [1.807, 2.05) is 0 Å². The minimum Gasteiger partial charge on any atom is -0.257 e. The summed E-state index contributed by atoms with van der Waals surface area (Å²) in [5.74, 6) is 4.85. The van der Waals surface area contributed by atoms with Gasteiger partial charge in [0.2, 0.25) is 0 Å². The maximum atomic E-state index is 10.3. The topological polar surface area (TPSA) is 59.0 Å². The Morgan fingerprint density at radius 2 is 2.44 bits per heavy atom. The van der Waals surface area contributed by atoms with Crippen LogP contribution in [0.4, 0.5) is 5.69 Å². The Balaban J connectivity index is 2.98. The van der Waals surface area contributed by atoms with Crippen molar-refractivity contribution in [3.8, 4) is 0 Å². The molecule has 1 aromatic rings. The van der Waals surface area contributed by atoms with Crippen LogP contribution in [-0.2, 0) is 0 Å². The third-order valence-electron chi connectivity index (χ3n) is 0.900. The fraction of sp³-hybridized carbons (Fsp3) is 0. The van der Waals surface area contributed by atoms with E-state index in [9.17, 15) is 4.91 Å². The Morgan fingerprint density at radius 3 is 2.78 bits per heavy atom. The van der Waals surface area contributed by atoms with Crippen LogP contribution in [0.2, 0.25) is 0 Å². The highest BCUT2D eigenvalue weighted by molar-refractivity contribution is 5.22. The lowest BCUT2D eigenvalue weighted by Gasteiger charge is -1.80. The van der Waals surface area contributed by atoms with E-state index >= 15 is 0 Å². The van der Waals surface area contributed by atoms with Gasteiger partial charge in [0.05, 0.1) is 4.91 Å². The Hall–Kier alpha value is -1.45. The molecule has 0 saturated carbocycles. The number of aromatic nitrogens is 1. The first-order chi connectivity index (χ1) is 4.30. The van der Waals surface area contributed by atoms with Crippen LogP contribution in [-0.4, -0.2) is 9.85 Å². The van der Waals surface area contributed by atoms with Crippen LogP contribution in [0, 0.1) is 4.91 Å². The van der Waals surface area contributed by atoms with Crippen molar-refractivity contribution in [2.45, 2.75) is 0 Å². The van der Waals surface area contributed by atoms with E-state index in [0.29, 0.717) is 5.69 Å². The highest BCUT2D eigenvalue weighted by atomic mass is 16.3. The van der Waals surface area contributed by atoms with Crippen LogP contribution in [0.25, 0.3) is 0 Å². The van der Waals surface area contributed by atoms with Gasteiger partial charge in [-0.2, -0.15) is 5.84 Å². The summed E-state index contributed by atoms with van der Waals surface area (Å²) in [6.07, 6.45) is 2.97. The number of hydrogen-bond donors (Lipinski definition) is 1. The van der Waals surface area contributed by atoms with Crippen molar-refractivity contribution in [3.05, 3.63) is 29.4 Å². The molecule has 2 N–H and O–H groups in total. The monoisotopic (exact) mass is 124 g/mol. The number of nitrogens with two attached hydrogens (primary N) is 1. The molecule has 9 heavy (non-hydrogen) atoms. The van der Waals surface area contributed by atoms with Gasteiger partial charge < -0.3 is 0 Å². The summed E-state index contributed by atoms with van der Waals surface area (Å²) >= 11 is 0. The standard InChI is InChI=1S/C5H6N3O/c6-8(9)5-2-1-3-7-4-5/h1-4H,(H2,6,9)/q+1. The van der Waals surface area contributed by atoms with E-state index < -0.39 is 0 Å². The molecule has 0 radical (unpaired) electrons. The first-order valence-corrected chi connectivity index (χ1v) is 2.42. The van der Waals surface area contributed by atoms with E-state index in [0.717, 1.165) is 0 Å². The zero-order valence-corrected chi connectivity index (χ0v) is 4.69. The molecular weight excluding hydrogens is 118 g/mol. The van der Waals surface area contributed by atoms with Crippen molar-refractivity contribution in [2.24, 2.45) is 5.84 Å².